The van der Waals surface area contributed by atoms with Crippen LogP contribution < -0.4 is 4.90 Å². The normalized spacial score (nSPS) is 11.7. The number of fused-ring (bicyclic) bond motifs is 1. The predicted molar refractivity (Wildman–Crippen MR) is 104 cm³/mol. The molecule has 0 saturated heterocycles. The zero-order chi connectivity index (χ0) is 19.8. The second-order valence-electron chi connectivity index (χ2n) is 6.36. The summed E-state index contributed by atoms with van der Waals surface area (Å²) in [5.74, 6) is 0.810. The van der Waals surface area contributed by atoms with E-state index in [4.69, 9.17) is 4.42 Å². The number of nitro benzene ring substituents is 1. The summed E-state index contributed by atoms with van der Waals surface area (Å²) in [4.78, 5) is 12.4. The van der Waals surface area contributed by atoms with E-state index in [2.05, 4.69) is 0 Å². The Morgan fingerprint density at radius 2 is 1.85 bits per heavy atom. The van der Waals surface area contributed by atoms with Gasteiger partial charge in [0.25, 0.3) is 0 Å². The fraction of sp³-hybridized carbons (Fsp3) is 0.263. The number of hydrogen-bond acceptors (Lipinski definition) is 6. The minimum absolute atomic E-state index is 0.246. The van der Waals surface area contributed by atoms with Crippen LogP contribution in [-0.4, -0.2) is 26.6 Å². The fourth-order valence-electron chi connectivity index (χ4n) is 3.23. The Kier molecular flexibility index (Phi) is 4.93. The van der Waals surface area contributed by atoms with E-state index in [9.17, 15) is 18.5 Å². The standard InChI is InChI=1S/C19H20N2O5S/c1-4-16-14(13-8-5-6-10-17(13)26-16)12-20(2)15-9-7-11-18(27(3,24)25)19(15)21(22)23/h5-11H,4,12H2,1-3H3. The lowest BCUT2D eigenvalue weighted by atomic mass is 10.1. The molecular formula is C19H20N2O5S. The topological polar surface area (TPSA) is 93.7 Å². The first-order chi connectivity index (χ1) is 12.7. The number of sulfone groups is 1. The molecule has 1 aromatic heterocycles. The van der Waals surface area contributed by atoms with Crippen LogP contribution in [0.25, 0.3) is 11.0 Å². The molecule has 142 valence electrons. The zero-order valence-electron chi connectivity index (χ0n) is 15.3. The smallest absolute Gasteiger partial charge is 0.311 e. The Morgan fingerprint density at radius 1 is 1.15 bits per heavy atom. The van der Waals surface area contributed by atoms with Crippen LogP contribution in [-0.2, 0) is 22.8 Å². The van der Waals surface area contributed by atoms with Gasteiger partial charge in [-0.1, -0.05) is 31.2 Å². The molecule has 0 saturated carbocycles. The SMILES string of the molecule is CCc1oc2ccccc2c1CN(C)c1cccc(S(C)(=O)=O)c1[N+](=O)[O-]. The van der Waals surface area contributed by atoms with Crippen molar-refractivity contribution in [2.45, 2.75) is 24.8 Å². The van der Waals surface area contributed by atoms with E-state index in [1.807, 2.05) is 31.2 Å². The van der Waals surface area contributed by atoms with Gasteiger partial charge >= 0.3 is 5.69 Å². The van der Waals surface area contributed by atoms with Crippen LogP contribution in [0.4, 0.5) is 11.4 Å². The number of rotatable bonds is 6. The van der Waals surface area contributed by atoms with Gasteiger partial charge in [0.15, 0.2) is 9.84 Å². The molecule has 0 N–H and O–H groups in total. The van der Waals surface area contributed by atoms with E-state index in [-0.39, 0.29) is 10.6 Å². The summed E-state index contributed by atoms with van der Waals surface area (Å²) in [6.45, 7) is 2.34. The molecule has 1 heterocycles. The van der Waals surface area contributed by atoms with E-state index in [1.165, 1.54) is 12.1 Å². The summed E-state index contributed by atoms with van der Waals surface area (Å²) in [5.41, 5.74) is 1.54. The first kappa shape index (κ1) is 18.9. The van der Waals surface area contributed by atoms with Crippen LogP contribution in [0.5, 0.6) is 0 Å². The molecule has 3 rings (SSSR count). The zero-order valence-corrected chi connectivity index (χ0v) is 16.1. The van der Waals surface area contributed by atoms with Gasteiger partial charge in [0.2, 0.25) is 0 Å². The van der Waals surface area contributed by atoms with Crippen LogP contribution in [0.3, 0.4) is 0 Å². The van der Waals surface area contributed by atoms with Gasteiger partial charge in [-0.3, -0.25) is 10.1 Å². The molecule has 0 aliphatic heterocycles. The monoisotopic (exact) mass is 388 g/mol. The summed E-state index contributed by atoms with van der Waals surface area (Å²) in [6.07, 6.45) is 1.65. The summed E-state index contributed by atoms with van der Waals surface area (Å²) in [6, 6.07) is 12.0. The van der Waals surface area contributed by atoms with E-state index in [0.29, 0.717) is 13.0 Å². The van der Waals surface area contributed by atoms with E-state index in [0.717, 1.165) is 28.5 Å². The van der Waals surface area contributed by atoms with Crippen molar-refractivity contribution >= 4 is 32.2 Å². The molecule has 0 spiro atoms. The Morgan fingerprint density at radius 3 is 2.48 bits per heavy atom. The summed E-state index contributed by atoms with van der Waals surface area (Å²) in [7, 11) is -2.03. The maximum absolute atomic E-state index is 12.0. The number of hydrogen-bond donors (Lipinski definition) is 0. The van der Waals surface area contributed by atoms with Crippen molar-refractivity contribution in [2.24, 2.45) is 0 Å². The second kappa shape index (κ2) is 7.03. The van der Waals surface area contributed by atoms with Crippen LogP contribution in [0.2, 0.25) is 0 Å². The highest BCUT2D eigenvalue weighted by atomic mass is 32.2. The number of aryl methyl sites for hydroxylation is 1. The number of furan rings is 1. The van der Waals surface area contributed by atoms with Gasteiger partial charge in [0, 0.05) is 37.2 Å². The predicted octanol–water partition coefficient (Wildman–Crippen LogP) is 3.94. The molecule has 2 aromatic carbocycles. The van der Waals surface area contributed by atoms with Crippen LogP contribution in [0.15, 0.2) is 51.8 Å². The quantitative estimate of drug-likeness (QED) is 0.469. The van der Waals surface area contributed by atoms with Crippen molar-refractivity contribution in [3.63, 3.8) is 0 Å². The third-order valence-corrected chi connectivity index (χ3v) is 5.60. The van der Waals surface area contributed by atoms with Crippen molar-refractivity contribution in [3.05, 3.63) is 63.9 Å². The van der Waals surface area contributed by atoms with Gasteiger partial charge in [-0.15, -0.1) is 0 Å². The van der Waals surface area contributed by atoms with Gasteiger partial charge in [0.05, 0.1) is 4.92 Å². The van der Waals surface area contributed by atoms with E-state index >= 15 is 0 Å². The average molecular weight is 388 g/mol. The first-order valence-corrected chi connectivity index (χ1v) is 10.3. The highest BCUT2D eigenvalue weighted by Gasteiger charge is 2.28. The Labute approximate surface area is 157 Å². The lowest BCUT2D eigenvalue weighted by Gasteiger charge is -2.20. The van der Waals surface area contributed by atoms with Crippen LogP contribution in [0.1, 0.15) is 18.2 Å². The van der Waals surface area contributed by atoms with Crippen molar-refractivity contribution in [1.82, 2.24) is 0 Å². The summed E-state index contributed by atoms with van der Waals surface area (Å²) >= 11 is 0. The van der Waals surface area contributed by atoms with Crippen LogP contribution >= 0.6 is 0 Å². The maximum Gasteiger partial charge on any atom is 0.311 e. The molecule has 3 aromatic rings. The Bertz CT molecular complexity index is 1120. The highest BCUT2D eigenvalue weighted by molar-refractivity contribution is 7.90. The molecule has 0 atom stereocenters. The van der Waals surface area contributed by atoms with Gasteiger partial charge in [-0.25, -0.2) is 8.42 Å². The lowest BCUT2D eigenvalue weighted by Crippen LogP contribution is -2.19. The first-order valence-electron chi connectivity index (χ1n) is 8.42. The molecule has 7 nitrogen and oxygen atoms in total. The molecule has 0 bridgehead atoms. The molecule has 0 aliphatic rings. The van der Waals surface area contributed by atoms with Crippen molar-refractivity contribution in [3.8, 4) is 0 Å². The third kappa shape index (κ3) is 3.52. The number of benzene rings is 2. The molecule has 0 fully saturated rings. The van der Waals surface area contributed by atoms with Crippen LogP contribution in [0, 0.1) is 10.1 Å². The van der Waals surface area contributed by atoms with Crippen molar-refractivity contribution in [2.75, 3.05) is 18.2 Å². The Balaban J connectivity index is 2.11. The second-order valence-corrected chi connectivity index (χ2v) is 8.35. The minimum Gasteiger partial charge on any atom is -0.461 e. The average Bonchev–Trinajstić information content (AvgIpc) is 2.98. The molecule has 8 heteroatoms. The van der Waals surface area contributed by atoms with E-state index in [1.54, 1.807) is 18.0 Å². The molecular weight excluding hydrogens is 368 g/mol. The Hall–Kier alpha value is -2.87. The summed E-state index contributed by atoms with van der Waals surface area (Å²) < 4.78 is 29.9. The highest BCUT2D eigenvalue weighted by Crippen LogP contribution is 2.36. The summed E-state index contributed by atoms with van der Waals surface area (Å²) in [5, 5.41) is 12.6. The van der Waals surface area contributed by atoms with Gasteiger partial charge in [0.1, 0.15) is 21.9 Å². The molecule has 0 amide bonds. The van der Waals surface area contributed by atoms with E-state index < -0.39 is 20.4 Å². The largest absolute Gasteiger partial charge is 0.461 e. The fourth-order valence-corrected chi connectivity index (χ4v) is 4.09. The number of nitro groups is 1. The van der Waals surface area contributed by atoms with Gasteiger partial charge in [-0.2, -0.15) is 0 Å². The van der Waals surface area contributed by atoms with Gasteiger partial charge < -0.3 is 9.32 Å². The molecule has 27 heavy (non-hydrogen) atoms. The number of anilines is 1. The molecule has 0 radical (unpaired) electrons. The molecule has 0 aliphatic carbocycles. The van der Waals surface area contributed by atoms with Crippen molar-refractivity contribution in [1.29, 1.82) is 0 Å². The third-order valence-electron chi connectivity index (χ3n) is 4.47. The molecule has 0 unspecified atom stereocenters. The van der Waals surface area contributed by atoms with Crippen molar-refractivity contribution < 1.29 is 17.8 Å². The minimum atomic E-state index is -3.73. The number of nitrogens with zero attached hydrogens (tertiary/aromatic N) is 2. The maximum atomic E-state index is 12.0. The van der Waals surface area contributed by atoms with Gasteiger partial charge in [-0.05, 0) is 18.2 Å². The number of para-hydroxylation sites is 2. The lowest BCUT2D eigenvalue weighted by molar-refractivity contribution is -0.387.